The molecule has 1 aliphatic heterocycles. The normalized spacial score (nSPS) is 17.2. The first-order valence-corrected chi connectivity index (χ1v) is 8.56. The molecule has 3 rings (SSSR count). The van der Waals surface area contributed by atoms with Crippen molar-refractivity contribution in [1.82, 2.24) is 9.88 Å². The second-order valence-electron chi connectivity index (χ2n) is 5.75. The second-order valence-corrected chi connectivity index (χ2v) is 6.61. The number of aromatic nitrogens is 1. The van der Waals surface area contributed by atoms with Gasteiger partial charge in [-0.25, -0.2) is 4.98 Å². The van der Waals surface area contributed by atoms with Crippen molar-refractivity contribution < 1.29 is 0 Å². The number of hydrogen-bond acceptors (Lipinski definition) is 3. The molecule has 3 nitrogen and oxygen atoms in total. The number of piperidine rings is 1. The van der Waals surface area contributed by atoms with Crippen LogP contribution in [0, 0.1) is 5.92 Å². The number of rotatable bonds is 4. The number of nitrogens with one attached hydrogen (secondary N) is 1. The van der Waals surface area contributed by atoms with Crippen LogP contribution in [0.4, 0.5) is 5.82 Å². The summed E-state index contributed by atoms with van der Waals surface area (Å²) in [5.41, 5.74) is 0. The van der Waals surface area contributed by atoms with E-state index in [9.17, 15) is 0 Å². The Balaban J connectivity index is 1.67. The lowest BCUT2D eigenvalue weighted by molar-refractivity contribution is 0.198. The van der Waals surface area contributed by atoms with E-state index in [2.05, 4.69) is 62.3 Å². The van der Waals surface area contributed by atoms with Crippen molar-refractivity contribution in [3.05, 3.63) is 34.9 Å². The van der Waals surface area contributed by atoms with Crippen LogP contribution in [0.2, 0.25) is 0 Å². The third-order valence-electron chi connectivity index (χ3n) is 4.47. The molecule has 4 heteroatoms. The molecule has 0 bridgehead atoms. The molecule has 0 atom stereocenters. The molecular weight excluding hydrogens is 326 g/mol. The predicted octanol–water partition coefficient (Wildman–Crippen LogP) is 4.14. The number of pyridine rings is 1. The largest absolute Gasteiger partial charge is 0.369 e. The highest BCUT2D eigenvalue weighted by molar-refractivity contribution is 9.10. The van der Waals surface area contributed by atoms with Gasteiger partial charge in [0, 0.05) is 28.0 Å². The van der Waals surface area contributed by atoms with E-state index in [1.54, 1.807) is 0 Å². The Bertz CT molecular complexity index is 606. The Labute approximate surface area is 134 Å². The van der Waals surface area contributed by atoms with Gasteiger partial charge < -0.3 is 10.2 Å². The van der Waals surface area contributed by atoms with Gasteiger partial charge in [-0.3, -0.25) is 0 Å². The van der Waals surface area contributed by atoms with E-state index in [-0.39, 0.29) is 0 Å². The van der Waals surface area contributed by atoms with Crippen molar-refractivity contribution >= 4 is 32.5 Å². The Hall–Kier alpha value is -1.13. The van der Waals surface area contributed by atoms with Crippen LogP contribution in [0.15, 0.2) is 34.9 Å². The standard InChI is InChI=1S/C17H22BrN3/c1-2-21-10-7-13(8-11-21)12-20-17-15-4-3-5-16(18)14(15)6-9-19-17/h3-6,9,13H,2,7-8,10-12H2,1H3,(H,19,20). The molecule has 112 valence electrons. The maximum atomic E-state index is 4.52. The molecule has 2 heterocycles. The van der Waals surface area contributed by atoms with Crippen LogP contribution >= 0.6 is 15.9 Å². The second kappa shape index (κ2) is 6.75. The minimum absolute atomic E-state index is 0.761. The van der Waals surface area contributed by atoms with Crippen LogP contribution in [0.3, 0.4) is 0 Å². The first kappa shape index (κ1) is 14.8. The fourth-order valence-electron chi connectivity index (χ4n) is 3.06. The number of nitrogens with zero attached hydrogens (tertiary/aromatic N) is 2. The lowest BCUT2D eigenvalue weighted by Crippen LogP contribution is -2.35. The molecule has 0 aliphatic carbocycles. The zero-order valence-electron chi connectivity index (χ0n) is 12.5. The van der Waals surface area contributed by atoms with Gasteiger partial charge in [0.25, 0.3) is 0 Å². The number of anilines is 1. The predicted molar refractivity (Wildman–Crippen MR) is 92.8 cm³/mol. The van der Waals surface area contributed by atoms with E-state index in [1.165, 1.54) is 43.2 Å². The van der Waals surface area contributed by atoms with Crippen molar-refractivity contribution in [1.29, 1.82) is 0 Å². The number of fused-ring (bicyclic) bond motifs is 1. The lowest BCUT2D eigenvalue weighted by atomic mass is 9.97. The summed E-state index contributed by atoms with van der Waals surface area (Å²) in [6.07, 6.45) is 4.46. The van der Waals surface area contributed by atoms with Gasteiger partial charge in [-0.05, 0) is 50.5 Å². The van der Waals surface area contributed by atoms with Crippen LogP contribution in [-0.4, -0.2) is 36.1 Å². The van der Waals surface area contributed by atoms with Crippen molar-refractivity contribution in [2.75, 3.05) is 31.5 Å². The average molecular weight is 348 g/mol. The van der Waals surface area contributed by atoms with Gasteiger partial charge in [0.15, 0.2) is 0 Å². The molecule has 0 spiro atoms. The highest BCUT2D eigenvalue weighted by atomic mass is 79.9. The van der Waals surface area contributed by atoms with E-state index >= 15 is 0 Å². The summed E-state index contributed by atoms with van der Waals surface area (Å²) in [7, 11) is 0. The summed E-state index contributed by atoms with van der Waals surface area (Å²) in [6.45, 7) is 6.92. The molecule has 1 aromatic carbocycles. The molecule has 2 aromatic rings. The summed E-state index contributed by atoms with van der Waals surface area (Å²) in [5, 5.41) is 5.98. The molecule has 0 unspecified atom stereocenters. The van der Waals surface area contributed by atoms with Gasteiger partial charge in [0.05, 0.1) is 0 Å². The SMILES string of the molecule is CCN1CCC(CNc2nccc3c(Br)cccc23)CC1. The maximum Gasteiger partial charge on any atom is 0.133 e. The fourth-order valence-corrected chi connectivity index (χ4v) is 3.56. The minimum Gasteiger partial charge on any atom is -0.369 e. The number of halogens is 1. The first-order valence-electron chi connectivity index (χ1n) is 7.77. The zero-order valence-corrected chi connectivity index (χ0v) is 14.1. The molecular formula is C17H22BrN3. The van der Waals surface area contributed by atoms with Crippen LogP contribution in [0.5, 0.6) is 0 Å². The van der Waals surface area contributed by atoms with Gasteiger partial charge in [-0.2, -0.15) is 0 Å². The van der Waals surface area contributed by atoms with Gasteiger partial charge >= 0.3 is 0 Å². The quantitative estimate of drug-likeness (QED) is 0.900. The van der Waals surface area contributed by atoms with Crippen LogP contribution in [0.1, 0.15) is 19.8 Å². The van der Waals surface area contributed by atoms with Crippen LogP contribution in [0.25, 0.3) is 10.8 Å². The summed E-state index contributed by atoms with van der Waals surface area (Å²) in [6, 6.07) is 8.34. The molecule has 1 aliphatic rings. The molecule has 0 amide bonds. The summed E-state index contributed by atoms with van der Waals surface area (Å²) < 4.78 is 1.13. The van der Waals surface area contributed by atoms with Crippen molar-refractivity contribution in [2.45, 2.75) is 19.8 Å². The highest BCUT2D eigenvalue weighted by Gasteiger charge is 2.18. The summed E-state index contributed by atoms with van der Waals surface area (Å²) >= 11 is 3.61. The summed E-state index contributed by atoms with van der Waals surface area (Å²) in [4.78, 5) is 7.05. The Morgan fingerprint density at radius 3 is 2.81 bits per heavy atom. The molecule has 1 saturated heterocycles. The maximum absolute atomic E-state index is 4.52. The van der Waals surface area contributed by atoms with Gasteiger partial charge in [0.1, 0.15) is 5.82 Å². The monoisotopic (exact) mass is 347 g/mol. The Morgan fingerprint density at radius 2 is 2.05 bits per heavy atom. The lowest BCUT2D eigenvalue weighted by Gasteiger charge is -2.31. The van der Waals surface area contributed by atoms with Gasteiger partial charge in [-0.15, -0.1) is 0 Å². The van der Waals surface area contributed by atoms with Crippen LogP contribution in [-0.2, 0) is 0 Å². The van der Waals surface area contributed by atoms with Crippen molar-refractivity contribution in [3.63, 3.8) is 0 Å². The van der Waals surface area contributed by atoms with Crippen molar-refractivity contribution in [3.8, 4) is 0 Å². The number of hydrogen-bond donors (Lipinski definition) is 1. The highest BCUT2D eigenvalue weighted by Crippen LogP contribution is 2.28. The molecule has 1 N–H and O–H groups in total. The third-order valence-corrected chi connectivity index (χ3v) is 5.16. The topological polar surface area (TPSA) is 28.2 Å². The van der Waals surface area contributed by atoms with Crippen LogP contribution < -0.4 is 5.32 Å². The zero-order chi connectivity index (χ0) is 14.7. The Morgan fingerprint density at radius 1 is 1.24 bits per heavy atom. The van der Waals surface area contributed by atoms with E-state index in [0.717, 1.165) is 22.8 Å². The third kappa shape index (κ3) is 3.38. The van der Waals surface area contributed by atoms with Gasteiger partial charge in [-0.1, -0.05) is 35.0 Å². The van der Waals surface area contributed by atoms with E-state index in [4.69, 9.17) is 0 Å². The molecule has 0 saturated carbocycles. The molecule has 1 aromatic heterocycles. The minimum atomic E-state index is 0.761. The number of benzene rings is 1. The first-order chi connectivity index (χ1) is 10.3. The van der Waals surface area contributed by atoms with E-state index < -0.39 is 0 Å². The molecule has 0 radical (unpaired) electrons. The fraction of sp³-hybridized carbons (Fsp3) is 0.471. The average Bonchev–Trinajstić information content (AvgIpc) is 2.54. The van der Waals surface area contributed by atoms with Crippen molar-refractivity contribution in [2.24, 2.45) is 5.92 Å². The number of likely N-dealkylation sites (tertiary alicyclic amines) is 1. The van der Waals surface area contributed by atoms with E-state index in [0.29, 0.717) is 0 Å². The van der Waals surface area contributed by atoms with E-state index in [1.807, 2.05) is 6.20 Å². The Kier molecular flexibility index (Phi) is 4.76. The summed E-state index contributed by atoms with van der Waals surface area (Å²) in [5.74, 6) is 1.77. The van der Waals surface area contributed by atoms with Gasteiger partial charge in [0.2, 0.25) is 0 Å². The smallest absolute Gasteiger partial charge is 0.133 e. The molecule has 21 heavy (non-hydrogen) atoms. The molecule has 1 fully saturated rings.